The Kier molecular flexibility index (Phi) is 3.04. The fourth-order valence-electron chi connectivity index (χ4n) is 2.11. The molecule has 1 nitrogen and oxygen atoms in total. The summed E-state index contributed by atoms with van der Waals surface area (Å²) < 4.78 is 0. The Hall–Kier alpha value is -1.63. The number of hydrogen-bond donors (Lipinski definition) is 0. The van der Waals surface area contributed by atoms with Gasteiger partial charge in [0.15, 0.2) is 6.29 Å². The van der Waals surface area contributed by atoms with E-state index in [0.717, 1.165) is 23.7 Å². The highest BCUT2D eigenvalue weighted by atomic mass is 16.1. The van der Waals surface area contributed by atoms with Gasteiger partial charge < -0.3 is 0 Å². The molecule has 0 aliphatic carbocycles. The molecule has 1 heteroatoms. The molecule has 0 amide bonds. The van der Waals surface area contributed by atoms with Gasteiger partial charge in [0, 0.05) is 5.56 Å². The zero-order valence-corrected chi connectivity index (χ0v) is 9.73. The lowest BCUT2D eigenvalue weighted by Crippen LogP contribution is -1.96. The van der Waals surface area contributed by atoms with Crippen molar-refractivity contribution in [3.8, 4) is 0 Å². The van der Waals surface area contributed by atoms with E-state index < -0.39 is 0 Å². The summed E-state index contributed by atoms with van der Waals surface area (Å²) in [5, 5.41) is 2.27. The third-order valence-electron chi connectivity index (χ3n) is 2.80. The Morgan fingerprint density at radius 3 is 2.38 bits per heavy atom. The average Bonchev–Trinajstić information content (AvgIpc) is 2.29. The zero-order valence-electron chi connectivity index (χ0n) is 9.73. The highest BCUT2D eigenvalue weighted by Gasteiger charge is 2.06. The van der Waals surface area contributed by atoms with Crippen LogP contribution in [0.3, 0.4) is 0 Å². The molecular formula is C15H16O. The summed E-state index contributed by atoms with van der Waals surface area (Å²) in [6.07, 6.45) is 1.99. The minimum atomic E-state index is 0.630. The molecule has 2 aromatic rings. The molecule has 0 bridgehead atoms. The van der Waals surface area contributed by atoms with Gasteiger partial charge >= 0.3 is 0 Å². The minimum absolute atomic E-state index is 0.630. The lowest BCUT2D eigenvalue weighted by Gasteiger charge is -2.10. The molecule has 82 valence electrons. The van der Waals surface area contributed by atoms with Crippen LogP contribution in [0.2, 0.25) is 0 Å². The van der Waals surface area contributed by atoms with Crippen LogP contribution in [-0.2, 0) is 6.42 Å². The first-order chi connectivity index (χ1) is 7.72. The summed E-state index contributed by atoms with van der Waals surface area (Å²) >= 11 is 0. The molecule has 0 atom stereocenters. The van der Waals surface area contributed by atoms with Gasteiger partial charge in [-0.05, 0) is 28.7 Å². The monoisotopic (exact) mass is 212 g/mol. The van der Waals surface area contributed by atoms with E-state index in [4.69, 9.17) is 0 Å². The zero-order chi connectivity index (χ0) is 11.5. The maximum absolute atomic E-state index is 11.0. The fraction of sp³-hybridized carbons (Fsp3) is 0.267. The van der Waals surface area contributed by atoms with Crippen molar-refractivity contribution in [1.29, 1.82) is 0 Å². The SMILES string of the molecule is CC(C)Cc1ccc(C=O)c2ccccc12. The predicted octanol–water partition coefficient (Wildman–Crippen LogP) is 3.85. The van der Waals surface area contributed by atoms with Gasteiger partial charge in [0.05, 0.1) is 0 Å². The summed E-state index contributed by atoms with van der Waals surface area (Å²) in [4.78, 5) is 11.0. The normalized spacial score (nSPS) is 10.9. The van der Waals surface area contributed by atoms with E-state index in [1.54, 1.807) is 0 Å². The van der Waals surface area contributed by atoms with Crippen LogP contribution in [0.15, 0.2) is 36.4 Å². The van der Waals surface area contributed by atoms with Crippen LogP contribution in [0.5, 0.6) is 0 Å². The first-order valence-corrected chi connectivity index (χ1v) is 5.68. The van der Waals surface area contributed by atoms with Crippen LogP contribution in [0.4, 0.5) is 0 Å². The summed E-state index contributed by atoms with van der Waals surface area (Å²) in [6, 6.07) is 12.1. The predicted molar refractivity (Wildman–Crippen MR) is 67.9 cm³/mol. The highest BCUT2D eigenvalue weighted by molar-refractivity contribution is 5.99. The van der Waals surface area contributed by atoms with Gasteiger partial charge in [-0.15, -0.1) is 0 Å². The van der Waals surface area contributed by atoms with E-state index in [9.17, 15) is 4.79 Å². The molecule has 2 rings (SSSR count). The quantitative estimate of drug-likeness (QED) is 0.706. The standard InChI is InChI=1S/C15H16O/c1-11(2)9-12-7-8-13(10-16)15-6-4-3-5-14(12)15/h3-8,10-11H,9H2,1-2H3. The molecule has 0 spiro atoms. The molecule has 0 saturated carbocycles. The van der Waals surface area contributed by atoms with Crippen LogP contribution in [0.25, 0.3) is 10.8 Å². The van der Waals surface area contributed by atoms with E-state index in [-0.39, 0.29) is 0 Å². The lowest BCUT2D eigenvalue weighted by molar-refractivity contribution is 0.112. The van der Waals surface area contributed by atoms with Crippen LogP contribution in [0.1, 0.15) is 29.8 Å². The fourth-order valence-corrected chi connectivity index (χ4v) is 2.11. The van der Waals surface area contributed by atoms with Crippen molar-refractivity contribution in [2.45, 2.75) is 20.3 Å². The number of rotatable bonds is 3. The Morgan fingerprint density at radius 2 is 1.75 bits per heavy atom. The minimum Gasteiger partial charge on any atom is -0.298 e. The van der Waals surface area contributed by atoms with E-state index in [0.29, 0.717) is 5.92 Å². The molecule has 0 aromatic heterocycles. The number of carbonyl (C=O) groups excluding carboxylic acids is 1. The first kappa shape index (κ1) is 10.9. The van der Waals surface area contributed by atoms with Crippen LogP contribution in [-0.4, -0.2) is 6.29 Å². The van der Waals surface area contributed by atoms with Crippen LogP contribution >= 0.6 is 0 Å². The summed E-state index contributed by atoms with van der Waals surface area (Å²) in [6.45, 7) is 4.42. The van der Waals surface area contributed by atoms with E-state index >= 15 is 0 Å². The topological polar surface area (TPSA) is 17.1 Å². The van der Waals surface area contributed by atoms with Gasteiger partial charge in [0.25, 0.3) is 0 Å². The molecule has 2 aromatic carbocycles. The molecule has 0 fully saturated rings. The van der Waals surface area contributed by atoms with Gasteiger partial charge in [-0.3, -0.25) is 4.79 Å². The molecule has 0 aliphatic rings. The number of benzene rings is 2. The molecule has 0 unspecified atom stereocenters. The number of carbonyl (C=O) groups is 1. The summed E-state index contributed by atoms with van der Waals surface area (Å²) in [5.41, 5.74) is 2.11. The van der Waals surface area contributed by atoms with Crippen molar-refractivity contribution in [3.05, 3.63) is 47.5 Å². The molecule has 0 radical (unpaired) electrons. The van der Waals surface area contributed by atoms with Crippen molar-refractivity contribution in [2.75, 3.05) is 0 Å². The van der Waals surface area contributed by atoms with Crippen molar-refractivity contribution >= 4 is 17.1 Å². The molecule has 16 heavy (non-hydrogen) atoms. The summed E-state index contributed by atoms with van der Waals surface area (Å²) in [5.74, 6) is 0.630. The Bertz CT molecular complexity index is 512. The van der Waals surface area contributed by atoms with Crippen molar-refractivity contribution < 1.29 is 4.79 Å². The van der Waals surface area contributed by atoms with E-state index in [2.05, 4.69) is 26.0 Å². The van der Waals surface area contributed by atoms with Crippen LogP contribution in [0, 0.1) is 5.92 Å². The average molecular weight is 212 g/mol. The highest BCUT2D eigenvalue weighted by Crippen LogP contribution is 2.23. The largest absolute Gasteiger partial charge is 0.298 e. The van der Waals surface area contributed by atoms with Gasteiger partial charge in [0.2, 0.25) is 0 Å². The van der Waals surface area contributed by atoms with Crippen molar-refractivity contribution in [2.24, 2.45) is 5.92 Å². The third kappa shape index (κ3) is 1.99. The molecule has 0 heterocycles. The smallest absolute Gasteiger partial charge is 0.150 e. The van der Waals surface area contributed by atoms with Crippen molar-refractivity contribution in [1.82, 2.24) is 0 Å². The Balaban J connectivity index is 2.64. The first-order valence-electron chi connectivity index (χ1n) is 5.68. The lowest BCUT2D eigenvalue weighted by atomic mass is 9.94. The van der Waals surface area contributed by atoms with Gasteiger partial charge in [0.1, 0.15) is 0 Å². The van der Waals surface area contributed by atoms with Gasteiger partial charge in [-0.2, -0.15) is 0 Å². The summed E-state index contributed by atoms with van der Waals surface area (Å²) in [7, 11) is 0. The van der Waals surface area contributed by atoms with Gasteiger partial charge in [-0.25, -0.2) is 0 Å². The molecule has 0 saturated heterocycles. The number of aldehydes is 1. The second kappa shape index (κ2) is 4.48. The molecular weight excluding hydrogens is 196 g/mol. The van der Waals surface area contributed by atoms with Crippen molar-refractivity contribution in [3.63, 3.8) is 0 Å². The van der Waals surface area contributed by atoms with E-state index in [1.165, 1.54) is 10.9 Å². The second-order valence-corrected chi connectivity index (χ2v) is 4.58. The second-order valence-electron chi connectivity index (χ2n) is 4.58. The third-order valence-corrected chi connectivity index (χ3v) is 2.80. The number of fused-ring (bicyclic) bond motifs is 1. The molecule has 0 N–H and O–H groups in total. The van der Waals surface area contributed by atoms with E-state index in [1.807, 2.05) is 24.3 Å². The molecule has 0 aliphatic heterocycles. The maximum atomic E-state index is 11.0. The Labute approximate surface area is 96.1 Å². The van der Waals surface area contributed by atoms with Crippen LogP contribution < -0.4 is 0 Å². The van der Waals surface area contributed by atoms with Gasteiger partial charge in [-0.1, -0.05) is 50.2 Å². The number of hydrogen-bond acceptors (Lipinski definition) is 1. The maximum Gasteiger partial charge on any atom is 0.150 e. The Morgan fingerprint density at radius 1 is 1.06 bits per heavy atom.